The number of ether oxygens (including phenoxy) is 1. The first kappa shape index (κ1) is 26.1. The zero-order chi connectivity index (χ0) is 27.7. The molecule has 0 N–H and O–H groups in total. The number of sulfonamides is 1. The summed E-state index contributed by atoms with van der Waals surface area (Å²) in [6.45, 7) is 2.99. The molecule has 3 heterocycles. The minimum absolute atomic E-state index is 0.139. The molecule has 0 atom stereocenters. The fourth-order valence-electron chi connectivity index (χ4n) is 4.88. The number of thiazole rings is 1. The summed E-state index contributed by atoms with van der Waals surface area (Å²) < 4.78 is 40.8. The van der Waals surface area contributed by atoms with Crippen molar-refractivity contribution in [3.8, 4) is 5.75 Å². The summed E-state index contributed by atoms with van der Waals surface area (Å²) >= 11 is 1.38. The smallest absolute Gasteiger partial charge is 0.264 e. The van der Waals surface area contributed by atoms with E-state index in [0.29, 0.717) is 46.6 Å². The van der Waals surface area contributed by atoms with Gasteiger partial charge in [0.15, 0.2) is 5.13 Å². The van der Waals surface area contributed by atoms with Crippen LogP contribution in [-0.2, 0) is 23.0 Å². The molecule has 1 amide bonds. The number of aryl methyl sites for hydroxylation is 1. The van der Waals surface area contributed by atoms with E-state index in [0.717, 1.165) is 23.1 Å². The number of rotatable bonds is 8. The molecule has 0 bridgehead atoms. The third-order valence-electron chi connectivity index (χ3n) is 6.80. The van der Waals surface area contributed by atoms with Gasteiger partial charge < -0.3 is 9.15 Å². The minimum Gasteiger partial charge on any atom is -0.492 e. The number of aromatic nitrogens is 1. The van der Waals surface area contributed by atoms with Crippen LogP contribution in [0, 0.1) is 0 Å². The summed E-state index contributed by atoms with van der Waals surface area (Å²) in [4.78, 5) is 20.3. The number of carbonyl (C=O) groups is 1. The van der Waals surface area contributed by atoms with Gasteiger partial charge in [-0.3, -0.25) is 14.0 Å². The molecule has 8 nitrogen and oxygen atoms in total. The minimum atomic E-state index is -3.79. The van der Waals surface area contributed by atoms with Crippen molar-refractivity contribution < 1.29 is 22.4 Å². The Morgan fingerprint density at radius 1 is 1.05 bits per heavy atom. The van der Waals surface area contributed by atoms with Crippen LogP contribution in [0.2, 0.25) is 0 Å². The first-order valence-corrected chi connectivity index (χ1v) is 15.3. The van der Waals surface area contributed by atoms with Gasteiger partial charge in [-0.15, -0.1) is 0 Å². The maximum absolute atomic E-state index is 13.8. The van der Waals surface area contributed by atoms with Crippen molar-refractivity contribution in [1.82, 2.24) is 4.98 Å². The van der Waals surface area contributed by atoms with Gasteiger partial charge in [0, 0.05) is 12.1 Å². The quantitative estimate of drug-likeness (QED) is 0.217. The molecule has 1 aliphatic rings. The van der Waals surface area contributed by atoms with E-state index in [9.17, 15) is 13.2 Å². The van der Waals surface area contributed by atoms with E-state index in [1.54, 1.807) is 35.4 Å². The van der Waals surface area contributed by atoms with E-state index >= 15 is 0 Å². The van der Waals surface area contributed by atoms with Crippen molar-refractivity contribution >= 4 is 48.3 Å². The predicted octanol–water partition coefficient (Wildman–Crippen LogP) is 6.28. The van der Waals surface area contributed by atoms with E-state index in [4.69, 9.17) is 14.1 Å². The Morgan fingerprint density at radius 2 is 1.88 bits per heavy atom. The summed E-state index contributed by atoms with van der Waals surface area (Å²) in [7, 11) is -3.79. The SMILES string of the molecule is CCOc1cccc2sc(N(Cc3ccco3)C(=O)c3ccc(S(=O)(=O)N4CCCc5ccccc54)cc3)nc12. The van der Waals surface area contributed by atoms with Gasteiger partial charge >= 0.3 is 0 Å². The van der Waals surface area contributed by atoms with Crippen LogP contribution in [0.1, 0.15) is 35.0 Å². The molecule has 0 fully saturated rings. The van der Waals surface area contributed by atoms with E-state index in [-0.39, 0.29) is 17.3 Å². The van der Waals surface area contributed by atoms with E-state index < -0.39 is 10.0 Å². The van der Waals surface area contributed by atoms with Crippen LogP contribution < -0.4 is 13.9 Å². The standard InChI is InChI=1S/C30H27N3O5S2/c1-2-37-26-12-5-13-27-28(26)31-30(39-27)32(20-23-10-7-19-38-23)29(34)22-14-16-24(17-15-22)40(35,36)33-18-6-9-21-8-3-4-11-25(21)33/h3-5,7-8,10-17,19H,2,6,9,18,20H2,1H3. The molecule has 204 valence electrons. The van der Waals surface area contributed by atoms with E-state index in [1.165, 1.54) is 27.8 Å². The fourth-order valence-corrected chi connectivity index (χ4v) is 7.41. The van der Waals surface area contributed by atoms with Crippen LogP contribution >= 0.6 is 11.3 Å². The molecule has 40 heavy (non-hydrogen) atoms. The van der Waals surface area contributed by atoms with Gasteiger partial charge in [0.1, 0.15) is 17.0 Å². The zero-order valence-corrected chi connectivity index (χ0v) is 23.5. The zero-order valence-electron chi connectivity index (χ0n) is 21.8. The van der Waals surface area contributed by atoms with E-state index in [2.05, 4.69) is 0 Å². The fraction of sp³-hybridized carbons (Fsp3) is 0.200. The molecule has 10 heteroatoms. The largest absolute Gasteiger partial charge is 0.492 e. The van der Waals surface area contributed by atoms with Gasteiger partial charge in [-0.05, 0) is 79.9 Å². The molecule has 2 aromatic heterocycles. The number of nitrogens with zero attached hydrogens (tertiary/aromatic N) is 3. The van der Waals surface area contributed by atoms with Crippen molar-refractivity contribution in [3.05, 3.63) is 102 Å². The molecule has 0 radical (unpaired) electrons. The summed E-state index contributed by atoms with van der Waals surface area (Å²) in [5, 5.41) is 0.491. The number of hydrogen-bond donors (Lipinski definition) is 0. The third-order valence-corrected chi connectivity index (χ3v) is 9.67. The molecule has 1 aliphatic heterocycles. The first-order chi connectivity index (χ1) is 19.5. The summed E-state index contributed by atoms with van der Waals surface area (Å²) in [6.07, 6.45) is 3.16. The number of amides is 1. The predicted molar refractivity (Wildman–Crippen MR) is 156 cm³/mol. The lowest BCUT2D eigenvalue weighted by atomic mass is 10.0. The number of anilines is 2. The van der Waals surface area contributed by atoms with Crippen molar-refractivity contribution in [3.63, 3.8) is 0 Å². The van der Waals surface area contributed by atoms with Crippen LogP contribution in [0.4, 0.5) is 10.8 Å². The molecule has 0 saturated heterocycles. The summed E-state index contributed by atoms with van der Waals surface area (Å²) in [5.41, 5.74) is 2.75. The van der Waals surface area contributed by atoms with Crippen molar-refractivity contribution in [2.45, 2.75) is 31.2 Å². The highest BCUT2D eigenvalue weighted by Gasteiger charge is 2.30. The molecule has 0 unspecified atom stereocenters. The Morgan fingerprint density at radius 3 is 2.65 bits per heavy atom. The van der Waals surface area contributed by atoms with Gasteiger partial charge in [0.2, 0.25) is 0 Å². The molecule has 3 aromatic carbocycles. The Balaban J connectivity index is 1.33. The highest BCUT2D eigenvalue weighted by molar-refractivity contribution is 7.92. The number of hydrogen-bond acceptors (Lipinski definition) is 7. The number of fused-ring (bicyclic) bond motifs is 2. The van der Waals surface area contributed by atoms with Gasteiger partial charge in [-0.25, -0.2) is 13.4 Å². The average molecular weight is 574 g/mol. The van der Waals surface area contributed by atoms with Gasteiger partial charge in [0.25, 0.3) is 15.9 Å². The third kappa shape index (κ3) is 4.84. The van der Waals surface area contributed by atoms with Gasteiger partial charge in [-0.2, -0.15) is 0 Å². The summed E-state index contributed by atoms with van der Waals surface area (Å²) in [5.74, 6) is 0.933. The van der Waals surface area contributed by atoms with Crippen molar-refractivity contribution in [2.75, 3.05) is 22.4 Å². The number of carbonyl (C=O) groups excluding carboxylic acids is 1. The van der Waals surface area contributed by atoms with Gasteiger partial charge in [-0.1, -0.05) is 35.6 Å². The summed E-state index contributed by atoms with van der Waals surface area (Å²) in [6, 6.07) is 22.9. The lowest BCUT2D eigenvalue weighted by Crippen LogP contribution is -2.35. The Hall–Kier alpha value is -4.15. The molecular weight excluding hydrogens is 546 g/mol. The molecule has 0 aliphatic carbocycles. The average Bonchev–Trinajstić information content (AvgIpc) is 3.66. The molecule has 0 saturated carbocycles. The van der Waals surface area contributed by atoms with E-state index in [1.807, 2.05) is 49.4 Å². The molecule has 6 rings (SSSR count). The maximum Gasteiger partial charge on any atom is 0.264 e. The van der Waals surface area contributed by atoms with Crippen molar-refractivity contribution in [2.24, 2.45) is 0 Å². The number of para-hydroxylation sites is 2. The number of furan rings is 1. The van der Waals surface area contributed by atoms with Crippen molar-refractivity contribution in [1.29, 1.82) is 0 Å². The monoisotopic (exact) mass is 573 g/mol. The molecule has 0 spiro atoms. The lowest BCUT2D eigenvalue weighted by molar-refractivity contribution is 0.0983. The van der Waals surface area contributed by atoms with Crippen LogP contribution in [0.3, 0.4) is 0 Å². The Labute approximate surface area is 236 Å². The number of benzene rings is 3. The van der Waals surface area contributed by atoms with Crippen LogP contribution in [0.25, 0.3) is 10.2 Å². The van der Waals surface area contributed by atoms with Crippen LogP contribution in [0.15, 0.2) is 94.4 Å². The second-order valence-electron chi connectivity index (χ2n) is 9.34. The lowest BCUT2D eigenvalue weighted by Gasteiger charge is -2.30. The maximum atomic E-state index is 13.8. The first-order valence-electron chi connectivity index (χ1n) is 13.0. The molecule has 5 aromatic rings. The topological polar surface area (TPSA) is 92.9 Å². The Kier molecular flexibility index (Phi) is 7.03. The van der Waals surface area contributed by atoms with Gasteiger partial charge in [0.05, 0.1) is 34.7 Å². The Bertz CT molecular complexity index is 1760. The highest BCUT2D eigenvalue weighted by Crippen LogP contribution is 2.36. The highest BCUT2D eigenvalue weighted by atomic mass is 32.2. The second-order valence-corrected chi connectivity index (χ2v) is 12.2. The molecular formula is C30H27N3O5S2. The normalized spacial score (nSPS) is 13.3. The second kappa shape index (κ2) is 10.8. The van der Waals surface area contributed by atoms with Crippen LogP contribution in [0.5, 0.6) is 5.75 Å². The van der Waals surface area contributed by atoms with Crippen LogP contribution in [-0.4, -0.2) is 32.5 Å².